The summed E-state index contributed by atoms with van der Waals surface area (Å²) in [6.07, 6.45) is 0. The highest BCUT2D eigenvalue weighted by Gasteiger charge is 2.18. The lowest BCUT2D eigenvalue weighted by Gasteiger charge is -1.95. The van der Waals surface area contributed by atoms with Crippen molar-refractivity contribution in [3.63, 3.8) is 0 Å². The summed E-state index contributed by atoms with van der Waals surface area (Å²) in [5.74, 6) is -2.33. The minimum absolute atomic E-state index is 0.00627. The van der Waals surface area contributed by atoms with Gasteiger partial charge >= 0.3 is 5.97 Å². The van der Waals surface area contributed by atoms with Gasteiger partial charge in [0.25, 0.3) is 0 Å². The largest absolute Gasteiger partial charge is 0.501 e. The second-order valence-corrected chi connectivity index (χ2v) is 6.40. The Labute approximate surface area is 88.8 Å². The van der Waals surface area contributed by atoms with Gasteiger partial charge in [-0.3, -0.25) is 4.79 Å². The highest BCUT2D eigenvalue weighted by molar-refractivity contribution is 8.28. The van der Waals surface area contributed by atoms with E-state index in [2.05, 4.69) is 0 Å². The lowest BCUT2D eigenvalue weighted by atomic mass is 10.8. The second-order valence-electron chi connectivity index (χ2n) is 2.31. The van der Waals surface area contributed by atoms with Gasteiger partial charge in [-0.25, -0.2) is 8.42 Å². The van der Waals surface area contributed by atoms with E-state index in [1.807, 2.05) is 0 Å². The van der Waals surface area contributed by atoms with Crippen molar-refractivity contribution < 1.29 is 23.4 Å². The van der Waals surface area contributed by atoms with Crippen LogP contribution in [0.3, 0.4) is 0 Å². The molecule has 0 aliphatic carbocycles. The number of aliphatic carboxylic acids is 1. The Morgan fingerprint density at radius 2 is 2.21 bits per heavy atom. The van der Waals surface area contributed by atoms with Gasteiger partial charge in [-0.2, -0.15) is 0 Å². The lowest BCUT2D eigenvalue weighted by molar-refractivity contribution is -0.134. The maximum Gasteiger partial charge on any atom is 0.319 e. The first kappa shape index (κ1) is 11.5. The number of carboxylic acid groups (broad SMARTS) is 1. The zero-order valence-electron chi connectivity index (χ0n) is 6.71. The number of hydrogen-bond acceptors (Lipinski definition) is 6. The van der Waals surface area contributed by atoms with E-state index in [0.29, 0.717) is 4.24 Å². The number of carboxylic acids is 1. The van der Waals surface area contributed by atoms with Crippen LogP contribution in [0.25, 0.3) is 0 Å². The quantitative estimate of drug-likeness (QED) is 0.779. The molecule has 78 valence electrons. The molecule has 0 bridgehead atoms. The molecule has 0 atom stereocenters. The van der Waals surface area contributed by atoms with E-state index >= 15 is 0 Å². The van der Waals surface area contributed by atoms with Gasteiger partial charge in [-0.1, -0.05) is 11.8 Å². The predicted molar refractivity (Wildman–Crippen MR) is 55.4 cm³/mol. The maximum absolute atomic E-state index is 11.1. The summed E-state index contributed by atoms with van der Waals surface area (Å²) in [7, 11) is -3.74. The van der Waals surface area contributed by atoms with Crippen molar-refractivity contribution in [2.24, 2.45) is 0 Å². The number of aliphatic hydroxyl groups excluding tert-OH is 1. The molecule has 0 aromatic rings. The summed E-state index contributed by atoms with van der Waals surface area (Å²) in [5, 5.41) is 19.5. The Hall–Kier alpha value is -0.600. The number of sulfone groups is 1. The monoisotopic (exact) mass is 254 g/mol. The van der Waals surface area contributed by atoms with Crippen LogP contribution in [0.1, 0.15) is 0 Å². The van der Waals surface area contributed by atoms with Crippen LogP contribution in [0, 0.1) is 0 Å². The molecule has 5 nitrogen and oxygen atoms in total. The molecule has 8 heteroatoms. The summed E-state index contributed by atoms with van der Waals surface area (Å²) < 4.78 is 22.6. The average Bonchev–Trinajstić information content (AvgIpc) is 2.30. The molecule has 0 unspecified atom stereocenters. The van der Waals surface area contributed by atoms with Gasteiger partial charge in [-0.05, 0) is 11.8 Å². The summed E-state index contributed by atoms with van der Waals surface area (Å²) in [4.78, 5) is 10.2. The van der Waals surface area contributed by atoms with Gasteiger partial charge in [0.1, 0.15) is 0 Å². The fourth-order valence-corrected chi connectivity index (χ4v) is 4.04. The Kier molecular flexibility index (Phi) is 3.51. The van der Waals surface area contributed by atoms with Crippen LogP contribution in [-0.4, -0.2) is 30.4 Å². The molecular weight excluding hydrogens is 248 g/mol. The first-order valence-electron chi connectivity index (χ1n) is 3.29. The summed E-state index contributed by atoms with van der Waals surface area (Å²) in [6.45, 7) is 0. The van der Waals surface area contributed by atoms with E-state index in [1.165, 1.54) is 5.41 Å². The fourth-order valence-electron chi connectivity index (χ4n) is 0.672. The van der Waals surface area contributed by atoms with E-state index in [1.54, 1.807) is 0 Å². The van der Waals surface area contributed by atoms with Crippen molar-refractivity contribution in [1.82, 2.24) is 0 Å². The third kappa shape index (κ3) is 3.64. The highest BCUT2D eigenvalue weighted by Crippen LogP contribution is 2.42. The molecule has 0 saturated carbocycles. The molecule has 2 N–H and O–H groups in total. The van der Waals surface area contributed by atoms with Gasteiger partial charge in [0.2, 0.25) is 0 Å². The molecule has 0 aromatic heterocycles. The van der Waals surface area contributed by atoms with Crippen LogP contribution in [0.2, 0.25) is 0 Å². The molecule has 0 saturated heterocycles. The molecule has 0 aromatic carbocycles. The molecule has 0 radical (unpaired) electrons. The summed E-state index contributed by atoms with van der Waals surface area (Å²) >= 11 is 1.93. The van der Waals surface area contributed by atoms with Crippen molar-refractivity contribution in [3.8, 4) is 0 Å². The molecule has 1 heterocycles. The standard InChI is InChI=1S/C6H6O5S3/c7-4(8)2-14(10,11)3-6-12-1-5(9)13-6/h1,3,9H,2H2,(H,7,8). The van der Waals surface area contributed by atoms with Crippen LogP contribution in [-0.2, 0) is 14.6 Å². The van der Waals surface area contributed by atoms with Gasteiger partial charge in [0, 0.05) is 5.41 Å². The van der Waals surface area contributed by atoms with Crippen LogP contribution >= 0.6 is 23.5 Å². The zero-order chi connectivity index (χ0) is 10.8. The molecule has 1 aliphatic heterocycles. The molecule has 0 fully saturated rings. The number of aliphatic hydroxyl groups is 1. The van der Waals surface area contributed by atoms with Gasteiger partial charge in [0.15, 0.2) is 20.7 Å². The van der Waals surface area contributed by atoms with Gasteiger partial charge in [0.05, 0.1) is 9.65 Å². The predicted octanol–water partition coefficient (Wildman–Crippen LogP) is 1.12. The minimum atomic E-state index is -3.74. The van der Waals surface area contributed by atoms with Crippen LogP contribution < -0.4 is 0 Å². The van der Waals surface area contributed by atoms with Gasteiger partial charge < -0.3 is 10.2 Å². The number of thioether (sulfide) groups is 2. The van der Waals surface area contributed by atoms with E-state index in [4.69, 9.17) is 10.2 Å². The van der Waals surface area contributed by atoms with E-state index in [0.717, 1.165) is 28.9 Å². The molecule has 0 spiro atoms. The van der Waals surface area contributed by atoms with Crippen molar-refractivity contribution in [2.75, 3.05) is 5.75 Å². The van der Waals surface area contributed by atoms with E-state index in [9.17, 15) is 13.2 Å². The normalized spacial score (nSPS) is 19.7. The third-order valence-corrected chi connectivity index (χ3v) is 4.65. The third-order valence-electron chi connectivity index (χ3n) is 1.08. The SMILES string of the molecule is O=C(O)CS(=O)(=O)C=C1SC=C(O)S1. The molecular formula is C6H6O5S3. The van der Waals surface area contributed by atoms with Crippen molar-refractivity contribution >= 4 is 39.3 Å². The number of carbonyl (C=O) groups is 1. The van der Waals surface area contributed by atoms with E-state index < -0.39 is 21.6 Å². The van der Waals surface area contributed by atoms with Crippen molar-refractivity contribution in [1.29, 1.82) is 0 Å². The number of rotatable bonds is 3. The van der Waals surface area contributed by atoms with Crippen LogP contribution in [0.15, 0.2) is 20.1 Å². The van der Waals surface area contributed by atoms with Crippen LogP contribution in [0.5, 0.6) is 0 Å². The summed E-state index contributed by atoms with van der Waals surface area (Å²) in [6, 6.07) is 0. The molecule has 14 heavy (non-hydrogen) atoms. The Morgan fingerprint density at radius 1 is 1.57 bits per heavy atom. The zero-order valence-corrected chi connectivity index (χ0v) is 9.16. The Bertz CT molecular complexity index is 405. The highest BCUT2D eigenvalue weighted by atomic mass is 32.2. The Morgan fingerprint density at radius 3 is 2.64 bits per heavy atom. The average molecular weight is 254 g/mol. The first-order chi connectivity index (χ1) is 6.39. The molecule has 1 aliphatic rings. The van der Waals surface area contributed by atoms with Crippen LogP contribution in [0.4, 0.5) is 0 Å². The van der Waals surface area contributed by atoms with Gasteiger partial charge in [-0.15, -0.1) is 0 Å². The maximum atomic E-state index is 11.1. The van der Waals surface area contributed by atoms with Crippen molar-refractivity contribution in [2.45, 2.75) is 0 Å². The Balaban J connectivity index is 2.73. The summed E-state index contributed by atoms with van der Waals surface area (Å²) in [5.41, 5.74) is 0. The molecule has 1 rings (SSSR count). The van der Waals surface area contributed by atoms with Crippen molar-refractivity contribution in [3.05, 3.63) is 20.1 Å². The topological polar surface area (TPSA) is 91.7 Å². The molecule has 0 amide bonds. The smallest absolute Gasteiger partial charge is 0.319 e. The fraction of sp³-hybridized carbons (Fsp3) is 0.167. The lowest BCUT2D eigenvalue weighted by Crippen LogP contribution is -2.12. The minimum Gasteiger partial charge on any atom is -0.501 e. The number of hydrogen-bond donors (Lipinski definition) is 2. The van der Waals surface area contributed by atoms with E-state index in [-0.39, 0.29) is 5.09 Å². The first-order valence-corrected chi connectivity index (χ1v) is 6.70. The second kappa shape index (κ2) is 4.28.